The minimum Gasteiger partial charge on any atom is -0.489 e. The van der Waals surface area contributed by atoms with Crippen LogP contribution in [0.5, 0.6) is 5.75 Å². The van der Waals surface area contributed by atoms with Crippen molar-refractivity contribution in [3.63, 3.8) is 0 Å². The molecule has 1 amide bonds. The summed E-state index contributed by atoms with van der Waals surface area (Å²) >= 11 is 5.73. The van der Waals surface area contributed by atoms with Gasteiger partial charge in [-0.05, 0) is 50.6 Å². The summed E-state index contributed by atoms with van der Waals surface area (Å²) in [5.41, 5.74) is 0.328. The summed E-state index contributed by atoms with van der Waals surface area (Å²) in [6.07, 6.45) is 1.36. The number of hydrogen-bond donors (Lipinski definition) is 1. The van der Waals surface area contributed by atoms with Gasteiger partial charge in [0.1, 0.15) is 18.0 Å². The molecule has 1 heterocycles. The quantitative estimate of drug-likeness (QED) is 0.807. The zero-order valence-corrected chi connectivity index (χ0v) is 14.9. The van der Waals surface area contributed by atoms with Crippen LogP contribution < -0.4 is 10.1 Å². The van der Waals surface area contributed by atoms with E-state index < -0.39 is 11.7 Å². The van der Waals surface area contributed by atoms with E-state index >= 15 is 0 Å². The number of hydrogen-bond acceptors (Lipinski definition) is 5. The molecule has 2 rings (SSSR count). The summed E-state index contributed by atoms with van der Waals surface area (Å²) in [4.78, 5) is 19.6. The molecular formula is C17H19ClFN3O3. The van der Waals surface area contributed by atoms with E-state index in [9.17, 15) is 9.18 Å². The van der Waals surface area contributed by atoms with Gasteiger partial charge in [-0.2, -0.15) is 0 Å². The predicted molar refractivity (Wildman–Crippen MR) is 93.5 cm³/mol. The molecule has 1 aromatic carbocycles. The van der Waals surface area contributed by atoms with E-state index in [1.165, 1.54) is 0 Å². The second kappa shape index (κ2) is 8.11. The first kappa shape index (κ1) is 18.9. The van der Waals surface area contributed by atoms with E-state index in [2.05, 4.69) is 15.3 Å². The number of benzene rings is 1. The van der Waals surface area contributed by atoms with Gasteiger partial charge in [0.05, 0.1) is 11.8 Å². The van der Waals surface area contributed by atoms with E-state index in [0.717, 1.165) is 5.39 Å². The number of alkyl carbamates (subject to hydrolysis) is 1. The second-order valence-corrected chi connectivity index (χ2v) is 6.61. The van der Waals surface area contributed by atoms with Crippen molar-refractivity contribution in [3.8, 4) is 5.75 Å². The van der Waals surface area contributed by atoms with Crippen LogP contribution in [0.1, 0.15) is 20.8 Å². The summed E-state index contributed by atoms with van der Waals surface area (Å²) in [5.74, 6) is 0.523. The monoisotopic (exact) mass is 367 g/mol. The van der Waals surface area contributed by atoms with Crippen molar-refractivity contribution in [3.05, 3.63) is 41.6 Å². The van der Waals surface area contributed by atoms with Gasteiger partial charge in [-0.3, -0.25) is 0 Å². The number of carbonyl (C=O) groups is 1. The topological polar surface area (TPSA) is 73.3 Å². The molecule has 0 spiro atoms. The van der Waals surface area contributed by atoms with E-state index in [0.29, 0.717) is 17.6 Å². The lowest BCUT2D eigenvalue weighted by Crippen LogP contribution is -2.34. The largest absolute Gasteiger partial charge is 0.489 e. The summed E-state index contributed by atoms with van der Waals surface area (Å²) < 4.78 is 23.6. The van der Waals surface area contributed by atoms with E-state index in [-0.39, 0.29) is 24.0 Å². The van der Waals surface area contributed by atoms with Crippen LogP contribution in [0.3, 0.4) is 0 Å². The Morgan fingerprint density at radius 3 is 2.84 bits per heavy atom. The lowest BCUT2D eigenvalue weighted by molar-refractivity contribution is 0.0531. The molecule has 0 bridgehead atoms. The smallest absolute Gasteiger partial charge is 0.407 e. The number of rotatable bonds is 5. The van der Waals surface area contributed by atoms with Crippen LogP contribution in [-0.2, 0) is 4.74 Å². The summed E-state index contributed by atoms with van der Waals surface area (Å²) in [6, 6.07) is 5.15. The van der Waals surface area contributed by atoms with Crippen LogP contribution in [0.4, 0.5) is 9.18 Å². The molecule has 0 radical (unpaired) electrons. The average Bonchev–Trinajstić information content (AvgIpc) is 2.53. The minimum atomic E-state index is -0.619. The zero-order chi connectivity index (χ0) is 18.4. The van der Waals surface area contributed by atoms with Gasteiger partial charge >= 0.3 is 6.09 Å². The van der Waals surface area contributed by atoms with Crippen LogP contribution >= 0.6 is 11.6 Å². The van der Waals surface area contributed by atoms with Gasteiger partial charge in [0, 0.05) is 23.7 Å². The predicted octanol–water partition coefficient (Wildman–Crippen LogP) is 4.04. The highest BCUT2D eigenvalue weighted by molar-refractivity contribution is 6.28. The molecule has 1 aromatic heterocycles. The third-order valence-electron chi connectivity index (χ3n) is 2.96. The van der Waals surface area contributed by atoms with E-state index in [1.807, 2.05) is 0 Å². The Hall–Kier alpha value is -2.41. The first-order valence-corrected chi connectivity index (χ1v) is 7.95. The van der Waals surface area contributed by atoms with Crippen molar-refractivity contribution in [2.45, 2.75) is 26.4 Å². The SMILES string of the molecule is CC(C)(C)OC(=O)NC/C(=C\F)COc1ccc2nc(Cl)ncc2c1. The van der Waals surface area contributed by atoms with Gasteiger partial charge in [0.2, 0.25) is 5.28 Å². The summed E-state index contributed by atoms with van der Waals surface area (Å²) in [5, 5.41) is 3.39. The maximum atomic E-state index is 13.0. The van der Waals surface area contributed by atoms with E-state index in [1.54, 1.807) is 45.2 Å². The Balaban J connectivity index is 1.90. The third-order valence-corrected chi connectivity index (χ3v) is 3.14. The number of nitrogens with zero attached hydrogens (tertiary/aromatic N) is 2. The molecule has 0 aliphatic rings. The molecule has 0 fully saturated rings. The zero-order valence-electron chi connectivity index (χ0n) is 14.2. The van der Waals surface area contributed by atoms with Crippen molar-refractivity contribution in [1.29, 1.82) is 0 Å². The maximum absolute atomic E-state index is 13.0. The van der Waals surface area contributed by atoms with E-state index in [4.69, 9.17) is 21.1 Å². The van der Waals surface area contributed by atoms with Crippen molar-refractivity contribution < 1.29 is 18.7 Å². The average molecular weight is 368 g/mol. The molecule has 134 valence electrons. The number of nitrogens with one attached hydrogen (secondary N) is 1. The number of amides is 1. The van der Waals surface area contributed by atoms with Crippen molar-refractivity contribution in [2.75, 3.05) is 13.2 Å². The van der Waals surface area contributed by atoms with Gasteiger partial charge in [-0.1, -0.05) is 0 Å². The van der Waals surface area contributed by atoms with Crippen LogP contribution in [0.2, 0.25) is 5.28 Å². The molecule has 6 nitrogen and oxygen atoms in total. The van der Waals surface area contributed by atoms with Gasteiger partial charge in [0.25, 0.3) is 0 Å². The van der Waals surface area contributed by atoms with Crippen molar-refractivity contribution in [1.82, 2.24) is 15.3 Å². The molecule has 0 saturated heterocycles. The fourth-order valence-electron chi connectivity index (χ4n) is 1.88. The van der Waals surface area contributed by atoms with Crippen molar-refractivity contribution in [2.24, 2.45) is 0 Å². The fourth-order valence-corrected chi connectivity index (χ4v) is 2.02. The number of carbonyl (C=O) groups excluding carboxylic acids is 1. The molecule has 1 N–H and O–H groups in total. The Kier molecular flexibility index (Phi) is 6.14. The lowest BCUT2D eigenvalue weighted by Gasteiger charge is -2.20. The normalized spacial score (nSPS) is 12.1. The number of halogens is 2. The summed E-state index contributed by atoms with van der Waals surface area (Å²) in [7, 11) is 0. The molecule has 0 saturated carbocycles. The van der Waals surface area contributed by atoms with Crippen LogP contribution in [-0.4, -0.2) is 34.8 Å². The van der Waals surface area contributed by atoms with Gasteiger partial charge in [-0.15, -0.1) is 0 Å². The highest BCUT2D eigenvalue weighted by atomic mass is 35.5. The molecule has 25 heavy (non-hydrogen) atoms. The van der Waals surface area contributed by atoms with Gasteiger partial charge in [0.15, 0.2) is 0 Å². The Morgan fingerprint density at radius 1 is 1.40 bits per heavy atom. The first-order valence-electron chi connectivity index (χ1n) is 7.57. The molecule has 8 heteroatoms. The Morgan fingerprint density at radius 2 is 2.16 bits per heavy atom. The number of fused-ring (bicyclic) bond motifs is 1. The minimum absolute atomic E-state index is 0.0162. The highest BCUT2D eigenvalue weighted by Crippen LogP contribution is 2.20. The fraction of sp³-hybridized carbons (Fsp3) is 0.353. The van der Waals surface area contributed by atoms with Gasteiger partial charge in [-0.25, -0.2) is 19.2 Å². The lowest BCUT2D eigenvalue weighted by atomic mass is 10.2. The molecular weight excluding hydrogens is 349 g/mol. The van der Waals surface area contributed by atoms with Crippen LogP contribution in [0.25, 0.3) is 10.9 Å². The Labute approximate surface area is 150 Å². The maximum Gasteiger partial charge on any atom is 0.407 e. The number of ether oxygens (including phenoxy) is 2. The first-order chi connectivity index (χ1) is 11.8. The van der Waals surface area contributed by atoms with Crippen molar-refractivity contribution >= 4 is 28.6 Å². The van der Waals surface area contributed by atoms with Gasteiger partial charge < -0.3 is 14.8 Å². The third kappa shape index (κ3) is 6.19. The molecule has 0 atom stereocenters. The van der Waals surface area contributed by atoms with Crippen LogP contribution in [0, 0.1) is 0 Å². The molecule has 0 aliphatic heterocycles. The molecule has 0 aliphatic carbocycles. The summed E-state index contributed by atoms with van der Waals surface area (Å²) in [6.45, 7) is 5.21. The Bertz CT molecular complexity index is 790. The van der Waals surface area contributed by atoms with Crippen LogP contribution in [0.15, 0.2) is 36.3 Å². The molecule has 0 unspecified atom stereocenters. The second-order valence-electron chi connectivity index (χ2n) is 6.27. The highest BCUT2D eigenvalue weighted by Gasteiger charge is 2.16. The standard InChI is InChI=1S/C17H19ClFN3O3/c1-17(2,3)25-16(23)21-8-11(7-19)10-24-13-4-5-14-12(6-13)9-20-15(18)22-14/h4-7,9H,8,10H2,1-3H3,(H,21,23)/b11-7+. The number of aromatic nitrogens is 2. The molecule has 2 aromatic rings.